The first-order valence-electron chi connectivity index (χ1n) is 12.2. The normalized spacial score (nSPS) is 19.7. The van der Waals surface area contributed by atoms with Gasteiger partial charge in [-0.1, -0.05) is 0 Å². The van der Waals surface area contributed by atoms with Crippen molar-refractivity contribution in [2.75, 3.05) is 11.5 Å². The summed E-state index contributed by atoms with van der Waals surface area (Å²) in [7, 11) is 0. The second kappa shape index (κ2) is 10.5. The summed E-state index contributed by atoms with van der Waals surface area (Å²) in [6.45, 7) is 1.56. The Kier molecular flexibility index (Phi) is 7.76. The number of benzene rings is 2. The summed E-state index contributed by atoms with van der Waals surface area (Å²) in [5.41, 5.74) is -4.84. The number of alkyl halides is 9. The van der Waals surface area contributed by atoms with Gasteiger partial charge in [-0.05, 0) is 79.6 Å². The molecule has 2 aliphatic rings. The Morgan fingerprint density at radius 2 is 1.45 bits per heavy atom. The molecular weight excluding hydrogens is 559 g/mol. The van der Waals surface area contributed by atoms with Gasteiger partial charge in [0.05, 0.1) is 41.4 Å². The van der Waals surface area contributed by atoms with Crippen molar-refractivity contribution in [3.05, 3.63) is 64.2 Å². The van der Waals surface area contributed by atoms with Crippen LogP contribution in [0.15, 0.2) is 36.4 Å². The number of carbonyl (C=O) groups is 2. The number of carbonyl (C=O) groups excluding carboxylic acids is 2. The standard InChI is InChI=1S/C26H23F9N2O3/c1-2-40-23(39)37-20-6-5-15(24(27,28)29)11-18(20)19(12-21(37)14-3-4-14)36-22(38)9-13-7-16(25(30,31)32)10-17(8-13)26(33,34)35/h5-8,10-11,14,19,21H,2-4,9,12H2,1H3,(H,36,38)/t19-,21-/m0/s1. The zero-order valence-corrected chi connectivity index (χ0v) is 20.8. The van der Waals surface area contributed by atoms with Gasteiger partial charge >= 0.3 is 24.6 Å². The predicted molar refractivity (Wildman–Crippen MR) is 123 cm³/mol. The minimum absolute atomic E-state index is 0.000242. The monoisotopic (exact) mass is 582 g/mol. The van der Waals surface area contributed by atoms with E-state index in [0.29, 0.717) is 25.0 Å². The SMILES string of the molecule is CCOC(=O)N1c2ccc(C(F)(F)F)cc2[C@@H](NC(=O)Cc2cc(C(F)(F)F)cc(C(F)(F)F)c2)C[C@H]1C1CC1. The van der Waals surface area contributed by atoms with Crippen LogP contribution in [-0.4, -0.2) is 24.6 Å². The third-order valence-corrected chi connectivity index (χ3v) is 6.78. The second-order valence-corrected chi connectivity index (χ2v) is 9.69. The highest BCUT2D eigenvalue weighted by atomic mass is 19.4. The molecule has 1 saturated carbocycles. The van der Waals surface area contributed by atoms with Crippen LogP contribution in [0, 0.1) is 5.92 Å². The summed E-state index contributed by atoms with van der Waals surface area (Å²) < 4.78 is 125. The molecule has 0 spiro atoms. The van der Waals surface area contributed by atoms with Gasteiger partial charge in [-0.25, -0.2) is 4.79 Å². The molecule has 0 aromatic heterocycles. The number of anilines is 1. The fraction of sp³-hybridized carbons (Fsp3) is 0.462. The highest BCUT2D eigenvalue weighted by Crippen LogP contribution is 2.48. The largest absolute Gasteiger partial charge is 0.449 e. The van der Waals surface area contributed by atoms with E-state index in [1.165, 1.54) is 4.90 Å². The first-order chi connectivity index (χ1) is 18.5. The summed E-state index contributed by atoms with van der Waals surface area (Å²) in [4.78, 5) is 26.9. The Hall–Kier alpha value is -3.45. The molecular formula is C26H23F9N2O3. The number of rotatable bonds is 5. The number of nitrogens with zero attached hydrogens (tertiary/aromatic N) is 1. The fourth-order valence-electron chi connectivity index (χ4n) is 4.88. The number of nitrogens with one attached hydrogen (secondary N) is 1. The Bertz CT molecular complexity index is 1250. The molecule has 1 aliphatic heterocycles. The van der Waals surface area contributed by atoms with Gasteiger partial charge in [0.2, 0.25) is 5.91 Å². The van der Waals surface area contributed by atoms with Crippen LogP contribution in [0.1, 0.15) is 60.0 Å². The van der Waals surface area contributed by atoms with Crippen LogP contribution >= 0.6 is 0 Å². The van der Waals surface area contributed by atoms with Crippen LogP contribution in [0.25, 0.3) is 0 Å². The van der Waals surface area contributed by atoms with Gasteiger partial charge in [-0.2, -0.15) is 39.5 Å². The Labute approximate surface area is 222 Å². The molecule has 2 amide bonds. The molecule has 5 nitrogen and oxygen atoms in total. The van der Waals surface area contributed by atoms with Gasteiger partial charge in [0.1, 0.15) is 0 Å². The minimum Gasteiger partial charge on any atom is -0.449 e. The molecule has 40 heavy (non-hydrogen) atoms. The molecule has 0 unspecified atom stereocenters. The van der Waals surface area contributed by atoms with Gasteiger partial charge in [-0.15, -0.1) is 0 Å². The summed E-state index contributed by atoms with van der Waals surface area (Å²) in [6, 6.07) is 1.74. The molecule has 2 aromatic carbocycles. The smallest absolute Gasteiger partial charge is 0.416 e. The molecule has 1 aliphatic carbocycles. The van der Waals surface area contributed by atoms with E-state index >= 15 is 0 Å². The maximum Gasteiger partial charge on any atom is 0.416 e. The molecule has 2 aromatic rings. The molecule has 0 radical (unpaired) electrons. The van der Waals surface area contributed by atoms with Gasteiger partial charge in [0, 0.05) is 6.04 Å². The number of hydrogen-bond acceptors (Lipinski definition) is 3. The highest BCUT2D eigenvalue weighted by Gasteiger charge is 2.46. The number of fused-ring (bicyclic) bond motifs is 1. The van der Waals surface area contributed by atoms with Crippen molar-refractivity contribution in [3.63, 3.8) is 0 Å². The van der Waals surface area contributed by atoms with E-state index in [-0.39, 0.29) is 36.3 Å². The second-order valence-electron chi connectivity index (χ2n) is 9.69. The van der Waals surface area contributed by atoms with Gasteiger partial charge in [0.15, 0.2) is 0 Å². The number of hydrogen-bond donors (Lipinski definition) is 1. The molecule has 4 rings (SSSR count). The van der Waals surface area contributed by atoms with Gasteiger partial charge in [-0.3, -0.25) is 9.69 Å². The van der Waals surface area contributed by atoms with Crippen LogP contribution in [0.5, 0.6) is 0 Å². The van der Waals surface area contributed by atoms with Crippen LogP contribution in [0.2, 0.25) is 0 Å². The van der Waals surface area contributed by atoms with Crippen molar-refractivity contribution in [2.24, 2.45) is 5.92 Å². The first-order valence-corrected chi connectivity index (χ1v) is 12.2. The van der Waals surface area contributed by atoms with Crippen LogP contribution < -0.4 is 10.2 Å². The molecule has 1 fully saturated rings. The van der Waals surface area contributed by atoms with Crippen LogP contribution in [0.4, 0.5) is 50.0 Å². The molecule has 0 bridgehead atoms. The number of halogens is 9. The van der Waals surface area contributed by atoms with Crippen molar-refractivity contribution in [2.45, 2.75) is 63.2 Å². The van der Waals surface area contributed by atoms with Crippen molar-refractivity contribution in [3.8, 4) is 0 Å². The quantitative estimate of drug-likeness (QED) is 0.377. The Morgan fingerprint density at radius 1 is 0.875 bits per heavy atom. The van der Waals surface area contributed by atoms with Crippen molar-refractivity contribution in [1.82, 2.24) is 5.32 Å². The average molecular weight is 582 g/mol. The predicted octanol–water partition coefficient (Wildman–Crippen LogP) is 7.29. The molecule has 1 N–H and O–H groups in total. The molecule has 14 heteroatoms. The van der Waals surface area contributed by atoms with E-state index in [1.54, 1.807) is 6.92 Å². The van der Waals surface area contributed by atoms with E-state index < -0.39 is 71.3 Å². The van der Waals surface area contributed by atoms with E-state index in [2.05, 4.69) is 5.32 Å². The lowest BCUT2D eigenvalue weighted by Gasteiger charge is -2.41. The zero-order chi connectivity index (χ0) is 29.6. The van der Waals surface area contributed by atoms with E-state index in [1.807, 2.05) is 0 Å². The van der Waals surface area contributed by atoms with E-state index in [9.17, 15) is 49.1 Å². The maximum atomic E-state index is 13.5. The lowest BCUT2D eigenvalue weighted by atomic mass is 9.87. The minimum atomic E-state index is -5.11. The number of amides is 2. The first kappa shape index (κ1) is 29.5. The third-order valence-electron chi connectivity index (χ3n) is 6.78. The molecule has 0 saturated heterocycles. The van der Waals surface area contributed by atoms with Gasteiger partial charge in [0.25, 0.3) is 0 Å². The molecule has 218 valence electrons. The average Bonchev–Trinajstić information content (AvgIpc) is 3.67. The van der Waals surface area contributed by atoms with E-state index in [0.717, 1.165) is 18.2 Å². The molecule has 2 atom stereocenters. The third kappa shape index (κ3) is 6.47. The summed E-state index contributed by atoms with van der Waals surface area (Å²) >= 11 is 0. The van der Waals surface area contributed by atoms with Crippen molar-refractivity contribution >= 4 is 17.7 Å². The zero-order valence-electron chi connectivity index (χ0n) is 20.8. The molecule has 1 heterocycles. The topological polar surface area (TPSA) is 58.6 Å². The van der Waals surface area contributed by atoms with E-state index in [4.69, 9.17) is 4.74 Å². The lowest BCUT2D eigenvalue weighted by Crippen LogP contribution is -2.49. The van der Waals surface area contributed by atoms with Crippen molar-refractivity contribution in [1.29, 1.82) is 0 Å². The Balaban J connectivity index is 1.68. The summed E-state index contributed by atoms with van der Waals surface area (Å²) in [5.74, 6) is -1.03. The highest BCUT2D eigenvalue weighted by molar-refractivity contribution is 5.91. The van der Waals surface area contributed by atoms with Crippen LogP contribution in [0.3, 0.4) is 0 Å². The fourth-order valence-corrected chi connectivity index (χ4v) is 4.88. The van der Waals surface area contributed by atoms with Crippen LogP contribution in [-0.2, 0) is 34.5 Å². The van der Waals surface area contributed by atoms with Crippen molar-refractivity contribution < 1.29 is 53.8 Å². The lowest BCUT2D eigenvalue weighted by molar-refractivity contribution is -0.143. The summed E-state index contributed by atoms with van der Waals surface area (Å²) in [6.07, 6.45) is -15.3. The number of ether oxygens (including phenoxy) is 1. The van der Waals surface area contributed by atoms with Gasteiger partial charge < -0.3 is 10.1 Å². The Morgan fingerprint density at radius 3 is 1.95 bits per heavy atom. The summed E-state index contributed by atoms with van der Waals surface area (Å²) in [5, 5.41) is 2.48. The maximum absolute atomic E-state index is 13.5.